The van der Waals surface area contributed by atoms with Crippen LogP contribution in [0.15, 0.2) is 18.5 Å². The van der Waals surface area contributed by atoms with Gasteiger partial charge in [-0.15, -0.1) is 0 Å². The number of rotatable bonds is 7. The number of anilines is 2. The van der Waals surface area contributed by atoms with E-state index in [9.17, 15) is 0 Å². The topological polar surface area (TPSA) is 81.0 Å². The molecule has 8 heteroatoms. The molecule has 8 nitrogen and oxygen atoms in total. The molecule has 0 saturated heterocycles. The summed E-state index contributed by atoms with van der Waals surface area (Å²) in [5.41, 5.74) is 0. The van der Waals surface area contributed by atoms with Crippen LogP contribution in [0.1, 0.15) is 13.8 Å². The van der Waals surface area contributed by atoms with Gasteiger partial charge in [0.15, 0.2) is 0 Å². The third-order valence-corrected chi connectivity index (χ3v) is 3.08. The monoisotopic (exact) mass is 291 g/mol. The van der Waals surface area contributed by atoms with E-state index in [2.05, 4.69) is 44.1 Å². The predicted octanol–water partition coefficient (Wildman–Crippen LogP) is 0.960. The lowest BCUT2D eigenvalue weighted by Gasteiger charge is -2.27. The molecule has 0 saturated carbocycles. The lowest BCUT2D eigenvalue weighted by molar-refractivity contribution is 0.181. The highest BCUT2D eigenvalue weighted by atomic mass is 16.5. The van der Waals surface area contributed by atoms with E-state index in [-0.39, 0.29) is 6.04 Å². The predicted molar refractivity (Wildman–Crippen MR) is 80.9 cm³/mol. The average molecular weight is 291 g/mol. The highest BCUT2D eigenvalue weighted by molar-refractivity contribution is 5.40. The third-order valence-electron chi connectivity index (χ3n) is 3.08. The number of ether oxygens (including phenoxy) is 1. The fraction of sp³-hybridized carbons (Fsp3) is 0.538. The van der Waals surface area contributed by atoms with Gasteiger partial charge in [-0.2, -0.15) is 20.1 Å². The maximum atomic E-state index is 5.22. The van der Waals surface area contributed by atoms with Crippen molar-refractivity contribution >= 4 is 11.9 Å². The zero-order valence-electron chi connectivity index (χ0n) is 12.8. The van der Waals surface area contributed by atoms with Crippen molar-refractivity contribution in [2.75, 3.05) is 37.5 Å². The number of aromatic nitrogens is 5. The normalized spacial score (nSPS) is 12.2. The first-order valence-electron chi connectivity index (χ1n) is 6.89. The Morgan fingerprint density at radius 2 is 2.19 bits per heavy atom. The molecule has 0 amide bonds. The standard InChI is InChI=1S/C13H21N7O/c1-5-19(10(2)9-21-4)12-16-11(14-3)17-13(18-12)20-8-6-7-15-20/h6-8,10H,5,9H2,1-4H3,(H,14,16,17,18). The van der Waals surface area contributed by atoms with Gasteiger partial charge in [-0.25, -0.2) is 4.68 Å². The Balaban J connectivity index is 2.40. The molecule has 0 aliphatic heterocycles. The molecule has 2 aromatic rings. The Morgan fingerprint density at radius 3 is 2.76 bits per heavy atom. The van der Waals surface area contributed by atoms with E-state index in [4.69, 9.17) is 4.74 Å². The molecular formula is C13H21N7O. The molecule has 21 heavy (non-hydrogen) atoms. The number of likely N-dealkylation sites (N-methyl/N-ethyl adjacent to an activating group) is 1. The Hall–Kier alpha value is -2.22. The fourth-order valence-corrected chi connectivity index (χ4v) is 2.07. The molecule has 1 unspecified atom stereocenters. The van der Waals surface area contributed by atoms with Gasteiger partial charge in [0.2, 0.25) is 11.9 Å². The Bertz CT molecular complexity index is 558. The van der Waals surface area contributed by atoms with Gasteiger partial charge >= 0.3 is 0 Å². The molecule has 0 spiro atoms. The van der Waals surface area contributed by atoms with Crippen LogP contribution in [-0.4, -0.2) is 58.1 Å². The van der Waals surface area contributed by atoms with Crippen LogP contribution in [0.4, 0.5) is 11.9 Å². The van der Waals surface area contributed by atoms with Crippen LogP contribution in [-0.2, 0) is 4.74 Å². The molecule has 0 aromatic carbocycles. The van der Waals surface area contributed by atoms with Crippen molar-refractivity contribution in [1.82, 2.24) is 24.7 Å². The van der Waals surface area contributed by atoms with Crippen molar-refractivity contribution in [2.45, 2.75) is 19.9 Å². The molecule has 0 aliphatic rings. The molecule has 2 rings (SSSR count). The van der Waals surface area contributed by atoms with E-state index >= 15 is 0 Å². The second-order valence-corrected chi connectivity index (χ2v) is 4.55. The smallest absolute Gasteiger partial charge is 0.257 e. The van der Waals surface area contributed by atoms with Crippen molar-refractivity contribution in [1.29, 1.82) is 0 Å². The SMILES string of the molecule is CCN(c1nc(NC)nc(-n2cccn2)n1)C(C)COC. The van der Waals surface area contributed by atoms with Crippen LogP contribution in [0.5, 0.6) is 0 Å². The number of methoxy groups -OCH3 is 1. The van der Waals surface area contributed by atoms with Crippen molar-refractivity contribution in [3.05, 3.63) is 18.5 Å². The summed E-state index contributed by atoms with van der Waals surface area (Å²) in [6.45, 7) is 5.51. The summed E-state index contributed by atoms with van der Waals surface area (Å²) in [6, 6.07) is 1.99. The van der Waals surface area contributed by atoms with Gasteiger partial charge in [-0.05, 0) is 19.9 Å². The van der Waals surface area contributed by atoms with Crippen LogP contribution in [0, 0.1) is 0 Å². The van der Waals surface area contributed by atoms with E-state index in [0.717, 1.165) is 6.54 Å². The van der Waals surface area contributed by atoms with Crippen LogP contribution >= 0.6 is 0 Å². The number of hydrogen-bond donors (Lipinski definition) is 1. The third kappa shape index (κ3) is 3.46. The Morgan fingerprint density at radius 1 is 1.38 bits per heavy atom. The highest BCUT2D eigenvalue weighted by Crippen LogP contribution is 2.15. The van der Waals surface area contributed by atoms with E-state index in [0.29, 0.717) is 24.5 Å². The molecule has 0 fully saturated rings. The largest absolute Gasteiger partial charge is 0.383 e. The summed E-state index contributed by atoms with van der Waals surface area (Å²) in [5, 5.41) is 7.12. The van der Waals surface area contributed by atoms with Crippen molar-refractivity contribution < 1.29 is 4.74 Å². The molecular weight excluding hydrogens is 270 g/mol. The van der Waals surface area contributed by atoms with Crippen LogP contribution in [0.3, 0.4) is 0 Å². The number of hydrogen-bond acceptors (Lipinski definition) is 7. The summed E-state index contributed by atoms with van der Waals surface area (Å²) >= 11 is 0. The molecule has 0 radical (unpaired) electrons. The lowest BCUT2D eigenvalue weighted by atomic mass is 10.3. The van der Waals surface area contributed by atoms with Gasteiger partial charge in [0.05, 0.1) is 12.6 Å². The molecule has 0 bridgehead atoms. The summed E-state index contributed by atoms with van der Waals surface area (Å²) < 4.78 is 6.83. The molecule has 2 heterocycles. The first kappa shape index (κ1) is 15.2. The number of nitrogens with one attached hydrogen (secondary N) is 1. The molecule has 0 aliphatic carbocycles. The highest BCUT2D eigenvalue weighted by Gasteiger charge is 2.18. The zero-order valence-corrected chi connectivity index (χ0v) is 12.8. The van der Waals surface area contributed by atoms with E-state index < -0.39 is 0 Å². The second-order valence-electron chi connectivity index (χ2n) is 4.55. The number of nitrogens with zero attached hydrogens (tertiary/aromatic N) is 6. The quantitative estimate of drug-likeness (QED) is 0.813. The Labute approximate surface area is 124 Å². The molecule has 114 valence electrons. The van der Waals surface area contributed by atoms with E-state index in [1.165, 1.54) is 0 Å². The summed E-state index contributed by atoms with van der Waals surface area (Å²) in [4.78, 5) is 15.3. The van der Waals surface area contributed by atoms with Gasteiger partial charge < -0.3 is 15.0 Å². The first-order valence-corrected chi connectivity index (χ1v) is 6.89. The van der Waals surface area contributed by atoms with Gasteiger partial charge in [-0.1, -0.05) is 0 Å². The minimum absolute atomic E-state index is 0.164. The van der Waals surface area contributed by atoms with Gasteiger partial charge in [0.25, 0.3) is 5.95 Å². The van der Waals surface area contributed by atoms with Crippen molar-refractivity contribution in [3.8, 4) is 5.95 Å². The minimum Gasteiger partial charge on any atom is -0.383 e. The maximum Gasteiger partial charge on any atom is 0.257 e. The Kier molecular flexibility index (Phi) is 5.04. The van der Waals surface area contributed by atoms with Gasteiger partial charge in [-0.3, -0.25) is 0 Å². The first-order chi connectivity index (χ1) is 10.2. The van der Waals surface area contributed by atoms with Crippen molar-refractivity contribution in [2.24, 2.45) is 0 Å². The van der Waals surface area contributed by atoms with Crippen molar-refractivity contribution in [3.63, 3.8) is 0 Å². The molecule has 1 N–H and O–H groups in total. The van der Waals surface area contributed by atoms with Gasteiger partial charge in [0.1, 0.15) is 0 Å². The lowest BCUT2D eigenvalue weighted by Crippen LogP contribution is -2.37. The maximum absolute atomic E-state index is 5.22. The van der Waals surface area contributed by atoms with Crippen LogP contribution < -0.4 is 10.2 Å². The summed E-state index contributed by atoms with van der Waals surface area (Å²) in [6.07, 6.45) is 3.49. The van der Waals surface area contributed by atoms with E-state index in [1.807, 2.05) is 6.07 Å². The van der Waals surface area contributed by atoms with Gasteiger partial charge in [0, 0.05) is 33.1 Å². The van der Waals surface area contributed by atoms with Crippen LogP contribution in [0.2, 0.25) is 0 Å². The average Bonchev–Trinajstić information content (AvgIpc) is 3.02. The minimum atomic E-state index is 0.164. The van der Waals surface area contributed by atoms with Crippen LogP contribution in [0.25, 0.3) is 5.95 Å². The summed E-state index contributed by atoms with van der Waals surface area (Å²) in [5.74, 6) is 1.60. The summed E-state index contributed by atoms with van der Waals surface area (Å²) in [7, 11) is 3.47. The zero-order chi connectivity index (χ0) is 15.2. The second kappa shape index (κ2) is 6.98. The van der Waals surface area contributed by atoms with E-state index in [1.54, 1.807) is 31.2 Å². The molecule has 2 aromatic heterocycles. The fourth-order valence-electron chi connectivity index (χ4n) is 2.07. The molecule has 1 atom stereocenters.